The summed E-state index contributed by atoms with van der Waals surface area (Å²) in [6, 6.07) is 18.4. The number of rotatable bonds is 5. The Morgan fingerprint density at radius 3 is 2.54 bits per heavy atom. The Bertz CT molecular complexity index is 1310. The first kappa shape index (κ1) is 18.3. The van der Waals surface area contributed by atoms with E-state index in [9.17, 15) is 13.5 Å². The van der Waals surface area contributed by atoms with Crippen molar-refractivity contribution in [3.8, 4) is 5.75 Å². The molecule has 28 heavy (non-hydrogen) atoms. The molecule has 0 aliphatic rings. The lowest BCUT2D eigenvalue weighted by Gasteiger charge is -2.14. The molecule has 0 aliphatic heterocycles. The molecule has 0 saturated carbocycles. The van der Waals surface area contributed by atoms with E-state index in [1.54, 1.807) is 36.5 Å². The van der Waals surface area contributed by atoms with Crippen LogP contribution in [0.2, 0.25) is 0 Å². The van der Waals surface area contributed by atoms with Gasteiger partial charge < -0.3 is 5.11 Å². The molecule has 1 aromatic heterocycles. The highest BCUT2D eigenvalue weighted by Crippen LogP contribution is 2.44. The molecular formula is C21H16N2O3S2. The molecule has 0 unspecified atom stereocenters. The molecule has 0 spiro atoms. The van der Waals surface area contributed by atoms with Crippen LogP contribution >= 0.6 is 11.8 Å². The second-order valence-corrected chi connectivity index (χ2v) is 8.77. The molecule has 4 rings (SSSR count). The standard InChI is InChI=1S/C21H16N2O3S2/c1-2-28(25,26)23-17-13-19(21(24)16-10-4-3-9-15(16)17)27-18-11-5-7-14-8-6-12-22-20(14)18/h2-13,23-24H,1H2. The number of phenolic OH excluding ortho intramolecular Hbond substituents is 1. The third-order valence-corrected chi connectivity index (χ3v) is 6.29. The molecule has 1 heterocycles. The Kier molecular flexibility index (Phi) is 4.70. The first-order valence-corrected chi connectivity index (χ1v) is 10.8. The average Bonchev–Trinajstić information content (AvgIpc) is 2.71. The third-order valence-electron chi connectivity index (χ3n) is 4.27. The number of hydrogen-bond donors (Lipinski definition) is 2. The molecule has 0 bridgehead atoms. The van der Waals surface area contributed by atoms with Gasteiger partial charge in [0.15, 0.2) is 0 Å². The molecule has 5 nitrogen and oxygen atoms in total. The summed E-state index contributed by atoms with van der Waals surface area (Å²) in [6.45, 7) is 3.34. The van der Waals surface area contributed by atoms with Crippen LogP contribution < -0.4 is 4.72 Å². The van der Waals surface area contributed by atoms with Crippen molar-refractivity contribution in [2.75, 3.05) is 4.72 Å². The van der Waals surface area contributed by atoms with E-state index in [2.05, 4.69) is 16.3 Å². The van der Waals surface area contributed by atoms with Gasteiger partial charge in [0, 0.05) is 32.7 Å². The highest BCUT2D eigenvalue weighted by molar-refractivity contribution is 7.99. The number of nitrogens with zero attached hydrogens (tertiary/aromatic N) is 1. The summed E-state index contributed by atoms with van der Waals surface area (Å²) < 4.78 is 26.6. The van der Waals surface area contributed by atoms with Crippen LogP contribution in [0.25, 0.3) is 21.7 Å². The number of pyridine rings is 1. The van der Waals surface area contributed by atoms with Gasteiger partial charge in [-0.2, -0.15) is 0 Å². The minimum absolute atomic E-state index is 0.0927. The lowest BCUT2D eigenvalue weighted by molar-refractivity contribution is 0.469. The Balaban J connectivity index is 1.89. The van der Waals surface area contributed by atoms with E-state index >= 15 is 0 Å². The van der Waals surface area contributed by atoms with Crippen molar-refractivity contribution in [1.29, 1.82) is 0 Å². The molecular weight excluding hydrogens is 392 g/mol. The van der Waals surface area contributed by atoms with Crippen molar-refractivity contribution in [3.05, 3.63) is 78.8 Å². The number of sulfonamides is 1. The van der Waals surface area contributed by atoms with Gasteiger partial charge in [0.1, 0.15) is 5.75 Å². The van der Waals surface area contributed by atoms with Crippen LogP contribution in [0.4, 0.5) is 5.69 Å². The number of hydrogen-bond acceptors (Lipinski definition) is 5. The van der Waals surface area contributed by atoms with Crippen molar-refractivity contribution in [2.24, 2.45) is 0 Å². The average molecular weight is 409 g/mol. The predicted octanol–water partition coefficient (Wildman–Crippen LogP) is 5.13. The minimum atomic E-state index is -3.69. The smallest absolute Gasteiger partial charge is 0.254 e. The molecule has 0 saturated heterocycles. The van der Waals surface area contributed by atoms with Crippen molar-refractivity contribution < 1.29 is 13.5 Å². The number of anilines is 1. The summed E-state index contributed by atoms with van der Waals surface area (Å²) in [5.41, 5.74) is 1.19. The van der Waals surface area contributed by atoms with Gasteiger partial charge in [0.05, 0.1) is 16.1 Å². The molecule has 0 atom stereocenters. The molecule has 7 heteroatoms. The van der Waals surface area contributed by atoms with Crippen LogP contribution in [-0.4, -0.2) is 18.5 Å². The molecule has 140 valence electrons. The summed E-state index contributed by atoms with van der Waals surface area (Å²) in [5, 5.41) is 13.8. The van der Waals surface area contributed by atoms with Gasteiger partial charge in [0.25, 0.3) is 10.0 Å². The topological polar surface area (TPSA) is 79.3 Å². The van der Waals surface area contributed by atoms with Crippen molar-refractivity contribution in [1.82, 2.24) is 4.98 Å². The number of aromatic nitrogens is 1. The maximum absolute atomic E-state index is 12.0. The van der Waals surface area contributed by atoms with Crippen LogP contribution in [0.5, 0.6) is 5.75 Å². The van der Waals surface area contributed by atoms with E-state index < -0.39 is 10.0 Å². The summed E-state index contributed by atoms with van der Waals surface area (Å²) >= 11 is 1.33. The Hall–Kier alpha value is -3.03. The molecule has 2 N–H and O–H groups in total. The summed E-state index contributed by atoms with van der Waals surface area (Å²) in [4.78, 5) is 5.83. The number of nitrogens with one attached hydrogen (secondary N) is 1. The zero-order valence-electron chi connectivity index (χ0n) is 14.7. The first-order valence-electron chi connectivity index (χ1n) is 8.40. The fourth-order valence-electron chi connectivity index (χ4n) is 2.97. The quantitative estimate of drug-likeness (QED) is 0.448. The zero-order valence-corrected chi connectivity index (χ0v) is 16.3. The normalized spacial score (nSPS) is 11.6. The summed E-state index contributed by atoms with van der Waals surface area (Å²) in [6.07, 6.45) is 1.72. The van der Waals surface area contributed by atoms with Gasteiger partial charge in [-0.15, -0.1) is 0 Å². The van der Waals surface area contributed by atoms with Crippen molar-refractivity contribution in [3.63, 3.8) is 0 Å². The SMILES string of the molecule is C=CS(=O)(=O)Nc1cc(Sc2cccc3cccnc23)c(O)c2ccccc12. The second-order valence-electron chi connectivity index (χ2n) is 6.06. The summed E-state index contributed by atoms with van der Waals surface area (Å²) in [7, 11) is -3.69. The van der Waals surface area contributed by atoms with Crippen LogP contribution in [0.1, 0.15) is 0 Å². The predicted molar refractivity (Wildman–Crippen MR) is 114 cm³/mol. The van der Waals surface area contributed by atoms with E-state index in [1.807, 2.05) is 30.3 Å². The minimum Gasteiger partial charge on any atom is -0.506 e. The van der Waals surface area contributed by atoms with Crippen LogP contribution in [0.3, 0.4) is 0 Å². The van der Waals surface area contributed by atoms with E-state index in [1.165, 1.54) is 11.8 Å². The van der Waals surface area contributed by atoms with Gasteiger partial charge in [0.2, 0.25) is 0 Å². The maximum atomic E-state index is 12.0. The molecule has 3 aromatic carbocycles. The lowest BCUT2D eigenvalue weighted by atomic mass is 10.1. The van der Waals surface area contributed by atoms with Gasteiger partial charge in [-0.25, -0.2) is 8.42 Å². The number of aromatic hydroxyl groups is 1. The molecule has 0 amide bonds. The van der Waals surface area contributed by atoms with Gasteiger partial charge in [-0.3, -0.25) is 9.71 Å². The Morgan fingerprint density at radius 2 is 1.75 bits per heavy atom. The first-order chi connectivity index (χ1) is 13.5. The highest BCUT2D eigenvalue weighted by Gasteiger charge is 2.16. The summed E-state index contributed by atoms with van der Waals surface area (Å²) in [5.74, 6) is 0.0927. The number of phenols is 1. The fourth-order valence-corrected chi connectivity index (χ4v) is 4.56. The van der Waals surface area contributed by atoms with E-state index in [0.29, 0.717) is 21.4 Å². The molecule has 0 aliphatic carbocycles. The monoisotopic (exact) mass is 408 g/mol. The van der Waals surface area contributed by atoms with E-state index in [0.717, 1.165) is 21.2 Å². The number of para-hydroxylation sites is 1. The van der Waals surface area contributed by atoms with E-state index in [-0.39, 0.29) is 5.75 Å². The highest BCUT2D eigenvalue weighted by atomic mass is 32.2. The maximum Gasteiger partial charge on any atom is 0.254 e. The van der Waals surface area contributed by atoms with Crippen LogP contribution in [-0.2, 0) is 10.0 Å². The Labute approximate surface area is 166 Å². The molecule has 4 aromatic rings. The van der Waals surface area contributed by atoms with Crippen LogP contribution in [0, 0.1) is 0 Å². The Morgan fingerprint density at radius 1 is 1.00 bits per heavy atom. The largest absolute Gasteiger partial charge is 0.506 e. The third kappa shape index (κ3) is 3.42. The fraction of sp³-hybridized carbons (Fsp3) is 0. The molecule has 0 fully saturated rings. The van der Waals surface area contributed by atoms with E-state index in [4.69, 9.17) is 0 Å². The molecule has 0 radical (unpaired) electrons. The number of benzene rings is 3. The zero-order chi connectivity index (χ0) is 19.7. The van der Waals surface area contributed by atoms with Crippen molar-refractivity contribution >= 4 is 49.1 Å². The van der Waals surface area contributed by atoms with Gasteiger partial charge in [-0.05, 0) is 18.2 Å². The van der Waals surface area contributed by atoms with Gasteiger partial charge in [-0.1, -0.05) is 60.8 Å². The van der Waals surface area contributed by atoms with Crippen LogP contribution in [0.15, 0.2) is 88.6 Å². The van der Waals surface area contributed by atoms with Crippen molar-refractivity contribution in [2.45, 2.75) is 9.79 Å². The number of fused-ring (bicyclic) bond motifs is 2. The lowest BCUT2D eigenvalue weighted by Crippen LogP contribution is -2.08. The van der Waals surface area contributed by atoms with Gasteiger partial charge >= 0.3 is 0 Å². The second kappa shape index (κ2) is 7.18.